The number of rotatable bonds is 4. The predicted octanol–water partition coefficient (Wildman–Crippen LogP) is 2.94. The van der Waals surface area contributed by atoms with E-state index in [1.165, 1.54) is 12.0 Å². The van der Waals surface area contributed by atoms with Crippen molar-refractivity contribution >= 4 is 17.5 Å². The number of hydrogen-bond donors (Lipinski definition) is 2. The van der Waals surface area contributed by atoms with Crippen LogP contribution in [0, 0.1) is 19.8 Å². The highest BCUT2D eigenvalue weighted by Crippen LogP contribution is 2.23. The van der Waals surface area contributed by atoms with Gasteiger partial charge in [0.05, 0.1) is 6.54 Å². The summed E-state index contributed by atoms with van der Waals surface area (Å²) in [6.07, 6.45) is 5.35. The summed E-state index contributed by atoms with van der Waals surface area (Å²) in [5.74, 6) is -0.0690. The molecule has 114 valence electrons. The highest BCUT2D eigenvalue weighted by atomic mass is 16.2. The SMILES string of the molecule is Cc1ccc(NC(=O)CNC(=O)C2CCCCC2)cc1C. The van der Waals surface area contributed by atoms with Crippen LogP contribution in [0.5, 0.6) is 0 Å². The number of nitrogens with one attached hydrogen (secondary N) is 2. The van der Waals surface area contributed by atoms with Crippen LogP contribution in [0.4, 0.5) is 5.69 Å². The van der Waals surface area contributed by atoms with Gasteiger partial charge in [0.25, 0.3) is 0 Å². The lowest BCUT2D eigenvalue weighted by atomic mass is 9.89. The third-order valence-electron chi connectivity index (χ3n) is 4.19. The molecule has 1 aromatic carbocycles. The molecule has 1 aromatic rings. The minimum Gasteiger partial charge on any atom is -0.347 e. The van der Waals surface area contributed by atoms with E-state index in [1.807, 2.05) is 32.0 Å². The molecule has 0 spiro atoms. The van der Waals surface area contributed by atoms with E-state index in [0.29, 0.717) is 0 Å². The molecule has 21 heavy (non-hydrogen) atoms. The van der Waals surface area contributed by atoms with Crippen molar-refractivity contribution in [3.8, 4) is 0 Å². The van der Waals surface area contributed by atoms with E-state index in [1.54, 1.807) is 0 Å². The van der Waals surface area contributed by atoms with Crippen LogP contribution in [0.1, 0.15) is 43.2 Å². The number of benzene rings is 1. The number of carbonyl (C=O) groups is 2. The molecule has 1 fully saturated rings. The summed E-state index contributed by atoms with van der Waals surface area (Å²) in [7, 11) is 0. The lowest BCUT2D eigenvalue weighted by molar-refractivity contribution is -0.128. The third-order valence-corrected chi connectivity index (χ3v) is 4.19. The highest BCUT2D eigenvalue weighted by Gasteiger charge is 2.21. The second kappa shape index (κ2) is 7.25. The van der Waals surface area contributed by atoms with Gasteiger partial charge in [0.2, 0.25) is 11.8 Å². The minimum absolute atomic E-state index is 0.0185. The van der Waals surface area contributed by atoms with Gasteiger partial charge in [-0.3, -0.25) is 9.59 Å². The summed E-state index contributed by atoms with van der Waals surface area (Å²) < 4.78 is 0. The van der Waals surface area contributed by atoms with Gasteiger partial charge in [0.15, 0.2) is 0 Å². The topological polar surface area (TPSA) is 58.2 Å². The molecule has 2 rings (SSSR count). The zero-order valence-corrected chi connectivity index (χ0v) is 12.9. The summed E-state index contributed by atoms with van der Waals surface area (Å²) in [6, 6.07) is 5.80. The van der Waals surface area contributed by atoms with Gasteiger partial charge in [0.1, 0.15) is 0 Å². The van der Waals surface area contributed by atoms with Gasteiger partial charge in [-0.25, -0.2) is 0 Å². The van der Waals surface area contributed by atoms with E-state index in [-0.39, 0.29) is 24.3 Å². The average molecular weight is 288 g/mol. The van der Waals surface area contributed by atoms with Crippen molar-refractivity contribution in [1.29, 1.82) is 0 Å². The highest BCUT2D eigenvalue weighted by molar-refractivity contribution is 5.94. The largest absolute Gasteiger partial charge is 0.347 e. The van der Waals surface area contributed by atoms with Crippen LogP contribution in [0.25, 0.3) is 0 Å². The minimum atomic E-state index is -0.178. The first-order chi connectivity index (χ1) is 10.1. The van der Waals surface area contributed by atoms with Gasteiger partial charge in [-0.05, 0) is 49.9 Å². The van der Waals surface area contributed by atoms with E-state index in [4.69, 9.17) is 0 Å². The Labute approximate surface area is 126 Å². The lowest BCUT2D eigenvalue weighted by Crippen LogP contribution is -2.37. The van der Waals surface area contributed by atoms with E-state index in [9.17, 15) is 9.59 Å². The number of amides is 2. The zero-order valence-electron chi connectivity index (χ0n) is 12.9. The first-order valence-electron chi connectivity index (χ1n) is 7.71. The summed E-state index contributed by atoms with van der Waals surface area (Å²) in [5.41, 5.74) is 3.10. The Morgan fingerprint density at radius 3 is 2.48 bits per heavy atom. The van der Waals surface area contributed by atoms with E-state index in [0.717, 1.165) is 36.9 Å². The Hall–Kier alpha value is -1.84. The molecule has 4 heteroatoms. The van der Waals surface area contributed by atoms with Crippen LogP contribution in [0.3, 0.4) is 0 Å². The summed E-state index contributed by atoms with van der Waals surface area (Å²) in [6.45, 7) is 4.09. The summed E-state index contributed by atoms with van der Waals surface area (Å²) in [4.78, 5) is 23.8. The second-order valence-corrected chi connectivity index (χ2v) is 5.90. The maximum Gasteiger partial charge on any atom is 0.243 e. The van der Waals surface area contributed by atoms with Crippen molar-refractivity contribution < 1.29 is 9.59 Å². The fourth-order valence-electron chi connectivity index (χ4n) is 2.70. The molecule has 0 unspecified atom stereocenters. The second-order valence-electron chi connectivity index (χ2n) is 5.90. The maximum absolute atomic E-state index is 12.0. The molecule has 0 radical (unpaired) electrons. The van der Waals surface area contributed by atoms with E-state index < -0.39 is 0 Å². The van der Waals surface area contributed by atoms with Crippen LogP contribution >= 0.6 is 0 Å². The first kappa shape index (κ1) is 15.5. The maximum atomic E-state index is 12.0. The van der Waals surface area contributed by atoms with Gasteiger partial charge >= 0.3 is 0 Å². The molecule has 1 saturated carbocycles. The average Bonchev–Trinajstić information content (AvgIpc) is 2.49. The standard InChI is InChI=1S/C17H24N2O2/c1-12-8-9-15(10-13(12)2)19-16(20)11-18-17(21)14-6-4-3-5-7-14/h8-10,14H,3-7,11H2,1-2H3,(H,18,21)(H,19,20). The molecule has 0 aliphatic heterocycles. The molecule has 1 aliphatic rings. The zero-order chi connectivity index (χ0) is 15.2. The Kier molecular flexibility index (Phi) is 5.37. The molecule has 1 aliphatic carbocycles. The number of anilines is 1. The van der Waals surface area contributed by atoms with Crippen molar-refractivity contribution in [1.82, 2.24) is 5.32 Å². The Morgan fingerprint density at radius 2 is 1.81 bits per heavy atom. The number of aryl methyl sites for hydroxylation is 2. The molecule has 0 saturated heterocycles. The Morgan fingerprint density at radius 1 is 1.10 bits per heavy atom. The van der Waals surface area contributed by atoms with E-state index >= 15 is 0 Å². The van der Waals surface area contributed by atoms with Gasteiger partial charge in [-0.1, -0.05) is 25.3 Å². The van der Waals surface area contributed by atoms with Crippen LogP contribution < -0.4 is 10.6 Å². The smallest absolute Gasteiger partial charge is 0.243 e. The van der Waals surface area contributed by atoms with Crippen molar-refractivity contribution in [2.75, 3.05) is 11.9 Å². The molecule has 2 N–H and O–H groups in total. The molecular weight excluding hydrogens is 264 g/mol. The number of carbonyl (C=O) groups excluding carboxylic acids is 2. The quantitative estimate of drug-likeness (QED) is 0.895. The van der Waals surface area contributed by atoms with Gasteiger partial charge < -0.3 is 10.6 Å². The first-order valence-corrected chi connectivity index (χ1v) is 7.71. The molecule has 2 amide bonds. The molecule has 0 heterocycles. The van der Waals surface area contributed by atoms with Crippen LogP contribution in [0.15, 0.2) is 18.2 Å². The van der Waals surface area contributed by atoms with Crippen molar-refractivity contribution in [2.45, 2.75) is 46.0 Å². The van der Waals surface area contributed by atoms with E-state index in [2.05, 4.69) is 10.6 Å². The monoisotopic (exact) mass is 288 g/mol. The molecular formula is C17H24N2O2. The normalized spacial score (nSPS) is 15.5. The summed E-state index contributed by atoms with van der Waals surface area (Å²) in [5, 5.41) is 5.56. The Balaban J connectivity index is 1.78. The predicted molar refractivity (Wildman–Crippen MR) is 84.1 cm³/mol. The van der Waals surface area contributed by atoms with Crippen molar-refractivity contribution in [2.24, 2.45) is 5.92 Å². The summed E-state index contributed by atoms with van der Waals surface area (Å²) >= 11 is 0. The van der Waals surface area contributed by atoms with Gasteiger partial charge in [-0.2, -0.15) is 0 Å². The van der Waals surface area contributed by atoms with Crippen LogP contribution in [-0.2, 0) is 9.59 Å². The lowest BCUT2D eigenvalue weighted by Gasteiger charge is -2.20. The van der Waals surface area contributed by atoms with Gasteiger partial charge in [0, 0.05) is 11.6 Å². The van der Waals surface area contributed by atoms with Crippen molar-refractivity contribution in [3.63, 3.8) is 0 Å². The van der Waals surface area contributed by atoms with Gasteiger partial charge in [-0.15, -0.1) is 0 Å². The molecule has 0 bridgehead atoms. The number of hydrogen-bond acceptors (Lipinski definition) is 2. The molecule has 0 atom stereocenters. The van der Waals surface area contributed by atoms with Crippen LogP contribution in [0.2, 0.25) is 0 Å². The molecule has 0 aromatic heterocycles. The van der Waals surface area contributed by atoms with Crippen LogP contribution in [-0.4, -0.2) is 18.4 Å². The fraction of sp³-hybridized carbons (Fsp3) is 0.529. The third kappa shape index (κ3) is 4.59. The fourth-order valence-corrected chi connectivity index (χ4v) is 2.70. The Bertz CT molecular complexity index is 520. The van der Waals surface area contributed by atoms with Crippen molar-refractivity contribution in [3.05, 3.63) is 29.3 Å². The molecule has 4 nitrogen and oxygen atoms in total.